The third kappa shape index (κ3) is 5.60. The molecule has 202 valence electrons. The molecule has 2 N–H and O–H groups in total. The minimum absolute atomic E-state index is 0.0187. The van der Waals surface area contributed by atoms with E-state index < -0.39 is 5.97 Å². The lowest BCUT2D eigenvalue weighted by molar-refractivity contribution is -0.137. The standard InChI is InChI=1S/C31H33N3O5/c1-20(16-30(36)37)23-10-12-27-24(19-23)7-5-14-33(27)29(35)18-21-9-11-25(28(17-21)39-2)32-31(38)34-15-13-22-6-3-4-8-26(22)34/h3-4,6,8-12,17,19-20H,5,7,13-16,18H2,1-2H3,(H,32,38)(H,36,37). The van der Waals surface area contributed by atoms with Gasteiger partial charge in [-0.3, -0.25) is 14.5 Å². The zero-order valence-electron chi connectivity index (χ0n) is 22.3. The molecule has 0 aromatic heterocycles. The quantitative estimate of drug-likeness (QED) is 0.429. The van der Waals surface area contributed by atoms with E-state index in [0.717, 1.165) is 52.9 Å². The summed E-state index contributed by atoms with van der Waals surface area (Å²) in [6.07, 6.45) is 2.80. The number of rotatable bonds is 7. The van der Waals surface area contributed by atoms with E-state index in [0.29, 0.717) is 24.5 Å². The third-order valence-electron chi connectivity index (χ3n) is 7.57. The molecule has 3 amide bonds. The molecule has 3 aromatic carbocycles. The van der Waals surface area contributed by atoms with E-state index in [1.165, 1.54) is 0 Å². The number of carbonyl (C=O) groups is 3. The number of nitrogens with zero attached hydrogens (tertiary/aromatic N) is 2. The van der Waals surface area contributed by atoms with E-state index >= 15 is 0 Å². The number of hydrogen-bond acceptors (Lipinski definition) is 4. The van der Waals surface area contributed by atoms with E-state index in [1.54, 1.807) is 24.1 Å². The second kappa shape index (κ2) is 11.2. The molecule has 8 nitrogen and oxygen atoms in total. The van der Waals surface area contributed by atoms with Crippen molar-refractivity contribution in [2.24, 2.45) is 0 Å². The van der Waals surface area contributed by atoms with Crippen molar-refractivity contribution in [3.8, 4) is 5.75 Å². The first-order valence-electron chi connectivity index (χ1n) is 13.3. The number of carboxylic acid groups (broad SMARTS) is 1. The number of benzene rings is 3. The monoisotopic (exact) mass is 527 g/mol. The third-order valence-corrected chi connectivity index (χ3v) is 7.57. The van der Waals surface area contributed by atoms with Gasteiger partial charge in [-0.25, -0.2) is 4.79 Å². The summed E-state index contributed by atoms with van der Waals surface area (Å²) in [6, 6.07) is 19.0. The highest BCUT2D eigenvalue weighted by Gasteiger charge is 2.26. The number of aliphatic carboxylic acids is 1. The number of nitrogens with one attached hydrogen (secondary N) is 1. The average Bonchev–Trinajstić information content (AvgIpc) is 3.37. The summed E-state index contributed by atoms with van der Waals surface area (Å²) in [6.45, 7) is 3.17. The molecule has 39 heavy (non-hydrogen) atoms. The van der Waals surface area contributed by atoms with Crippen LogP contribution in [0.15, 0.2) is 60.7 Å². The van der Waals surface area contributed by atoms with Gasteiger partial charge >= 0.3 is 12.0 Å². The number of urea groups is 1. The number of carbonyl (C=O) groups excluding carboxylic acids is 2. The molecule has 2 aliphatic heterocycles. The van der Waals surface area contributed by atoms with Crippen LogP contribution in [-0.4, -0.2) is 43.2 Å². The SMILES string of the molecule is COc1cc(CC(=O)N2CCCc3cc(C(C)CC(=O)O)ccc32)ccc1NC(=O)N1CCc2ccccc21. The van der Waals surface area contributed by atoms with Gasteiger partial charge in [-0.1, -0.05) is 43.3 Å². The molecule has 0 bridgehead atoms. The van der Waals surface area contributed by atoms with Gasteiger partial charge in [0.2, 0.25) is 5.91 Å². The van der Waals surface area contributed by atoms with Gasteiger partial charge in [-0.2, -0.15) is 0 Å². The van der Waals surface area contributed by atoms with Crippen molar-refractivity contribution in [2.45, 2.75) is 44.9 Å². The van der Waals surface area contributed by atoms with Crippen molar-refractivity contribution in [1.82, 2.24) is 0 Å². The maximum Gasteiger partial charge on any atom is 0.326 e. The molecule has 1 atom stereocenters. The number of ether oxygens (including phenoxy) is 1. The molecule has 0 aliphatic carbocycles. The first kappa shape index (κ1) is 26.3. The predicted octanol–water partition coefficient (Wildman–Crippen LogP) is 5.39. The van der Waals surface area contributed by atoms with E-state index in [4.69, 9.17) is 9.84 Å². The molecule has 0 radical (unpaired) electrons. The molecule has 8 heteroatoms. The van der Waals surface area contributed by atoms with Crippen molar-refractivity contribution in [2.75, 3.05) is 35.3 Å². The maximum absolute atomic E-state index is 13.4. The largest absolute Gasteiger partial charge is 0.495 e. The molecule has 0 saturated carbocycles. The van der Waals surface area contributed by atoms with Crippen LogP contribution >= 0.6 is 0 Å². The Bertz CT molecular complexity index is 1420. The highest BCUT2D eigenvalue weighted by Crippen LogP contribution is 2.33. The van der Waals surface area contributed by atoms with Crippen LogP contribution in [0.2, 0.25) is 0 Å². The number of para-hydroxylation sites is 1. The highest BCUT2D eigenvalue weighted by molar-refractivity contribution is 6.04. The number of carboxylic acids is 1. The van der Waals surface area contributed by atoms with Crippen LogP contribution in [0.5, 0.6) is 5.75 Å². The van der Waals surface area contributed by atoms with Crippen LogP contribution in [0, 0.1) is 0 Å². The lowest BCUT2D eigenvalue weighted by Crippen LogP contribution is -2.36. The van der Waals surface area contributed by atoms with Gasteiger partial charge in [-0.15, -0.1) is 0 Å². The Labute approximate surface area is 228 Å². The average molecular weight is 528 g/mol. The number of amides is 3. The molecular formula is C31H33N3O5. The summed E-state index contributed by atoms with van der Waals surface area (Å²) >= 11 is 0. The summed E-state index contributed by atoms with van der Waals surface area (Å²) in [5.74, 6) is -0.433. The lowest BCUT2D eigenvalue weighted by atomic mass is 9.92. The molecule has 0 spiro atoms. The first-order chi connectivity index (χ1) is 18.8. The van der Waals surface area contributed by atoms with Crippen molar-refractivity contribution in [1.29, 1.82) is 0 Å². The molecule has 3 aromatic rings. The fourth-order valence-electron chi connectivity index (χ4n) is 5.51. The number of fused-ring (bicyclic) bond motifs is 2. The molecule has 0 fully saturated rings. The van der Waals surface area contributed by atoms with Gasteiger partial charge in [0.1, 0.15) is 5.75 Å². The van der Waals surface area contributed by atoms with Crippen molar-refractivity contribution >= 4 is 35.0 Å². The summed E-state index contributed by atoms with van der Waals surface area (Å²) < 4.78 is 5.57. The smallest absolute Gasteiger partial charge is 0.326 e. The van der Waals surface area contributed by atoms with Crippen LogP contribution < -0.4 is 19.9 Å². The summed E-state index contributed by atoms with van der Waals surface area (Å²) in [4.78, 5) is 41.1. The Morgan fingerprint density at radius 2 is 1.74 bits per heavy atom. The summed E-state index contributed by atoms with van der Waals surface area (Å²) in [5, 5.41) is 12.1. The fourth-order valence-corrected chi connectivity index (χ4v) is 5.51. The lowest BCUT2D eigenvalue weighted by Gasteiger charge is -2.30. The number of aryl methyl sites for hydroxylation is 1. The normalized spacial score (nSPS) is 14.8. The minimum atomic E-state index is -0.820. The molecule has 2 heterocycles. The molecular weight excluding hydrogens is 494 g/mol. The van der Waals surface area contributed by atoms with Crippen LogP contribution in [0.1, 0.15) is 47.9 Å². The molecule has 2 aliphatic rings. The second-order valence-electron chi connectivity index (χ2n) is 10.2. The predicted molar refractivity (Wildman–Crippen MR) is 151 cm³/mol. The van der Waals surface area contributed by atoms with Crippen LogP contribution in [0.25, 0.3) is 0 Å². The van der Waals surface area contributed by atoms with Gasteiger partial charge in [-0.05, 0) is 71.7 Å². The minimum Gasteiger partial charge on any atom is -0.495 e. The number of hydrogen-bond donors (Lipinski definition) is 2. The Balaban J connectivity index is 1.28. The highest BCUT2D eigenvalue weighted by atomic mass is 16.5. The van der Waals surface area contributed by atoms with Gasteiger partial charge in [0.05, 0.1) is 25.6 Å². The Hall–Kier alpha value is -4.33. The van der Waals surface area contributed by atoms with Gasteiger partial charge < -0.3 is 20.1 Å². The van der Waals surface area contributed by atoms with E-state index in [-0.39, 0.29) is 30.7 Å². The van der Waals surface area contributed by atoms with Gasteiger partial charge in [0.15, 0.2) is 0 Å². The zero-order chi connectivity index (χ0) is 27.5. The Morgan fingerprint density at radius 3 is 2.54 bits per heavy atom. The Kier molecular flexibility index (Phi) is 7.54. The molecule has 5 rings (SSSR count). The van der Waals surface area contributed by atoms with Gasteiger partial charge in [0, 0.05) is 24.5 Å². The van der Waals surface area contributed by atoms with E-state index in [9.17, 15) is 14.4 Å². The molecule has 0 saturated heterocycles. The maximum atomic E-state index is 13.4. The Morgan fingerprint density at radius 1 is 0.949 bits per heavy atom. The van der Waals surface area contributed by atoms with Crippen LogP contribution in [-0.2, 0) is 28.9 Å². The zero-order valence-corrected chi connectivity index (χ0v) is 22.3. The van der Waals surface area contributed by atoms with Crippen LogP contribution in [0.4, 0.5) is 21.9 Å². The summed E-state index contributed by atoms with van der Waals surface area (Å²) in [5.41, 5.74) is 6.35. The molecule has 1 unspecified atom stereocenters. The first-order valence-corrected chi connectivity index (χ1v) is 13.3. The topological polar surface area (TPSA) is 99.2 Å². The fraction of sp³-hybridized carbons (Fsp3) is 0.323. The van der Waals surface area contributed by atoms with Crippen LogP contribution in [0.3, 0.4) is 0 Å². The number of methoxy groups -OCH3 is 1. The second-order valence-corrected chi connectivity index (χ2v) is 10.2. The van der Waals surface area contributed by atoms with Crippen molar-refractivity contribution in [3.63, 3.8) is 0 Å². The number of anilines is 3. The summed E-state index contributed by atoms with van der Waals surface area (Å²) in [7, 11) is 1.55. The van der Waals surface area contributed by atoms with E-state index in [2.05, 4.69) is 5.32 Å². The van der Waals surface area contributed by atoms with Crippen molar-refractivity contribution < 1.29 is 24.2 Å². The van der Waals surface area contributed by atoms with Crippen molar-refractivity contribution in [3.05, 3.63) is 82.9 Å². The van der Waals surface area contributed by atoms with Gasteiger partial charge in [0.25, 0.3) is 0 Å². The van der Waals surface area contributed by atoms with E-state index in [1.807, 2.05) is 60.4 Å².